The maximum absolute atomic E-state index is 4.67. The zero-order chi connectivity index (χ0) is 14.2. The summed E-state index contributed by atoms with van der Waals surface area (Å²) in [5.74, 6) is 2.30. The van der Waals surface area contributed by atoms with Gasteiger partial charge in [-0.3, -0.25) is 0 Å². The molecule has 0 aliphatic carbocycles. The first-order chi connectivity index (χ1) is 10.3. The Labute approximate surface area is 122 Å². The lowest BCUT2D eigenvalue weighted by atomic mass is 10.1. The third kappa shape index (κ3) is 2.18. The first-order valence-corrected chi connectivity index (χ1v) is 7.18. The number of nitrogens with zero attached hydrogens (tertiary/aromatic N) is 2. The van der Waals surface area contributed by atoms with Crippen LogP contribution in [0.25, 0.3) is 22.1 Å². The number of fused-ring (bicyclic) bond motifs is 2. The molecule has 0 amide bonds. The monoisotopic (exact) mass is 276 g/mol. The number of imidazole rings is 2. The van der Waals surface area contributed by atoms with Gasteiger partial charge in [0.05, 0.1) is 22.1 Å². The second kappa shape index (κ2) is 4.74. The van der Waals surface area contributed by atoms with Crippen molar-refractivity contribution in [2.24, 2.45) is 0 Å². The maximum Gasteiger partial charge on any atom is 0.110 e. The van der Waals surface area contributed by atoms with Gasteiger partial charge in [0, 0.05) is 12.3 Å². The summed E-state index contributed by atoms with van der Waals surface area (Å²) in [6.45, 7) is 2.17. The number of rotatable bonds is 3. The smallest absolute Gasteiger partial charge is 0.110 e. The second-order valence-electron chi connectivity index (χ2n) is 5.45. The zero-order valence-electron chi connectivity index (χ0n) is 11.8. The number of H-pyrrole nitrogens is 2. The van der Waals surface area contributed by atoms with Crippen LogP contribution >= 0.6 is 0 Å². The molecule has 4 rings (SSSR count). The largest absolute Gasteiger partial charge is 0.342 e. The molecule has 1 atom stereocenters. The van der Waals surface area contributed by atoms with Gasteiger partial charge in [0.2, 0.25) is 0 Å². The van der Waals surface area contributed by atoms with Crippen LogP contribution in [0.3, 0.4) is 0 Å². The first kappa shape index (κ1) is 12.1. The SMILES string of the molecule is CC(Cc1nc2ccccc2[nH]1)c1nc2ccccc2[nH]1. The van der Waals surface area contributed by atoms with Gasteiger partial charge in [-0.15, -0.1) is 0 Å². The summed E-state index contributed by atoms with van der Waals surface area (Å²) < 4.78 is 0. The highest BCUT2D eigenvalue weighted by molar-refractivity contribution is 5.75. The van der Waals surface area contributed by atoms with Crippen LogP contribution in [0, 0.1) is 0 Å². The average molecular weight is 276 g/mol. The molecule has 0 saturated carbocycles. The van der Waals surface area contributed by atoms with Crippen LogP contribution in [-0.4, -0.2) is 19.9 Å². The maximum atomic E-state index is 4.67. The summed E-state index contributed by atoms with van der Waals surface area (Å²) in [4.78, 5) is 16.1. The third-order valence-corrected chi connectivity index (χ3v) is 3.81. The molecule has 2 aromatic heterocycles. The van der Waals surface area contributed by atoms with Gasteiger partial charge < -0.3 is 9.97 Å². The van der Waals surface area contributed by atoms with Crippen molar-refractivity contribution in [1.29, 1.82) is 0 Å². The van der Waals surface area contributed by atoms with E-state index in [0.29, 0.717) is 0 Å². The minimum absolute atomic E-state index is 0.290. The minimum Gasteiger partial charge on any atom is -0.342 e. The Morgan fingerprint density at radius 2 is 1.48 bits per heavy atom. The van der Waals surface area contributed by atoms with E-state index in [1.807, 2.05) is 36.4 Å². The molecule has 0 fully saturated rings. The van der Waals surface area contributed by atoms with Crippen LogP contribution in [0.2, 0.25) is 0 Å². The van der Waals surface area contributed by atoms with Crippen LogP contribution in [-0.2, 0) is 6.42 Å². The van der Waals surface area contributed by atoms with Crippen molar-refractivity contribution in [2.75, 3.05) is 0 Å². The van der Waals surface area contributed by atoms with Gasteiger partial charge in [-0.2, -0.15) is 0 Å². The van der Waals surface area contributed by atoms with Crippen molar-refractivity contribution >= 4 is 22.1 Å². The molecule has 2 heterocycles. The molecule has 0 saturated heterocycles. The molecular formula is C17H16N4. The van der Waals surface area contributed by atoms with E-state index in [1.54, 1.807) is 0 Å². The highest BCUT2D eigenvalue weighted by atomic mass is 14.9. The normalized spacial score (nSPS) is 13.0. The predicted octanol–water partition coefficient (Wildman–Crippen LogP) is 3.79. The van der Waals surface area contributed by atoms with Crippen LogP contribution in [0.15, 0.2) is 48.5 Å². The summed E-state index contributed by atoms with van der Waals surface area (Å²) in [7, 11) is 0. The zero-order valence-corrected chi connectivity index (χ0v) is 11.8. The molecule has 0 spiro atoms. The third-order valence-electron chi connectivity index (χ3n) is 3.81. The van der Waals surface area contributed by atoms with Gasteiger partial charge >= 0.3 is 0 Å². The second-order valence-corrected chi connectivity index (χ2v) is 5.45. The Morgan fingerprint density at radius 3 is 2.14 bits per heavy atom. The number of hydrogen-bond acceptors (Lipinski definition) is 2. The fourth-order valence-electron chi connectivity index (χ4n) is 2.69. The molecule has 0 bridgehead atoms. The molecule has 0 radical (unpaired) electrons. The molecular weight excluding hydrogens is 260 g/mol. The molecule has 0 aliphatic rings. The Hall–Kier alpha value is -2.62. The van der Waals surface area contributed by atoms with Gasteiger partial charge in [0.1, 0.15) is 11.6 Å². The quantitative estimate of drug-likeness (QED) is 0.598. The van der Waals surface area contributed by atoms with E-state index < -0.39 is 0 Å². The van der Waals surface area contributed by atoms with E-state index >= 15 is 0 Å². The molecule has 2 N–H and O–H groups in total. The number of nitrogens with one attached hydrogen (secondary N) is 2. The highest BCUT2D eigenvalue weighted by Gasteiger charge is 2.13. The molecule has 4 aromatic rings. The standard InChI is InChI=1S/C17H16N4/c1-11(17-20-14-8-4-5-9-15(14)21-17)10-16-18-12-6-2-3-7-13(12)19-16/h2-9,11H,10H2,1H3,(H,18,19)(H,20,21). The first-order valence-electron chi connectivity index (χ1n) is 7.18. The van der Waals surface area contributed by atoms with Crippen LogP contribution in [0.5, 0.6) is 0 Å². The lowest BCUT2D eigenvalue weighted by Gasteiger charge is -2.05. The van der Waals surface area contributed by atoms with E-state index in [4.69, 9.17) is 0 Å². The summed E-state index contributed by atoms with van der Waals surface area (Å²) in [5, 5.41) is 0. The van der Waals surface area contributed by atoms with E-state index in [0.717, 1.165) is 40.1 Å². The number of benzene rings is 2. The van der Waals surface area contributed by atoms with E-state index in [1.165, 1.54) is 0 Å². The summed E-state index contributed by atoms with van der Waals surface area (Å²) in [5.41, 5.74) is 4.21. The van der Waals surface area contributed by atoms with Gasteiger partial charge in [0.15, 0.2) is 0 Å². The molecule has 4 heteroatoms. The Balaban J connectivity index is 1.63. The minimum atomic E-state index is 0.290. The van der Waals surface area contributed by atoms with E-state index in [9.17, 15) is 0 Å². The van der Waals surface area contributed by atoms with E-state index in [-0.39, 0.29) is 5.92 Å². The van der Waals surface area contributed by atoms with Crippen molar-refractivity contribution in [3.05, 3.63) is 60.2 Å². The van der Waals surface area contributed by atoms with Crippen LogP contribution in [0.4, 0.5) is 0 Å². The summed E-state index contributed by atoms with van der Waals surface area (Å²) in [6.07, 6.45) is 0.842. The lowest BCUT2D eigenvalue weighted by molar-refractivity contribution is 0.690. The van der Waals surface area contributed by atoms with Crippen molar-refractivity contribution in [2.45, 2.75) is 19.3 Å². The fourth-order valence-corrected chi connectivity index (χ4v) is 2.69. The molecule has 4 nitrogen and oxygen atoms in total. The van der Waals surface area contributed by atoms with Gasteiger partial charge in [-0.05, 0) is 24.3 Å². The predicted molar refractivity (Wildman–Crippen MR) is 84.3 cm³/mol. The Morgan fingerprint density at radius 1 is 0.857 bits per heavy atom. The number of para-hydroxylation sites is 4. The Bertz CT molecular complexity index is 837. The summed E-state index contributed by atoms with van der Waals surface area (Å²) >= 11 is 0. The lowest BCUT2D eigenvalue weighted by Crippen LogP contribution is -2.02. The molecule has 1 unspecified atom stereocenters. The van der Waals surface area contributed by atoms with E-state index in [2.05, 4.69) is 39.0 Å². The van der Waals surface area contributed by atoms with Gasteiger partial charge in [-0.25, -0.2) is 9.97 Å². The number of aromatic amines is 2. The molecule has 0 aliphatic heterocycles. The molecule has 2 aromatic carbocycles. The topological polar surface area (TPSA) is 57.4 Å². The van der Waals surface area contributed by atoms with Crippen molar-refractivity contribution in [1.82, 2.24) is 19.9 Å². The average Bonchev–Trinajstić information content (AvgIpc) is 3.10. The number of hydrogen-bond donors (Lipinski definition) is 2. The van der Waals surface area contributed by atoms with Gasteiger partial charge in [0.25, 0.3) is 0 Å². The van der Waals surface area contributed by atoms with Crippen molar-refractivity contribution < 1.29 is 0 Å². The number of aromatic nitrogens is 4. The van der Waals surface area contributed by atoms with Crippen molar-refractivity contribution in [3.63, 3.8) is 0 Å². The molecule has 21 heavy (non-hydrogen) atoms. The fraction of sp³-hybridized carbons (Fsp3) is 0.176. The summed E-state index contributed by atoms with van der Waals surface area (Å²) in [6, 6.07) is 16.2. The van der Waals surface area contributed by atoms with Crippen LogP contribution in [0.1, 0.15) is 24.5 Å². The Kier molecular flexibility index (Phi) is 2.74. The molecule has 104 valence electrons. The van der Waals surface area contributed by atoms with Crippen molar-refractivity contribution in [3.8, 4) is 0 Å². The van der Waals surface area contributed by atoms with Gasteiger partial charge in [-0.1, -0.05) is 31.2 Å². The highest BCUT2D eigenvalue weighted by Crippen LogP contribution is 2.21. The van der Waals surface area contributed by atoms with Crippen LogP contribution < -0.4 is 0 Å².